The minimum atomic E-state index is 0.415. The average molecular weight is 438 g/mol. The summed E-state index contributed by atoms with van der Waals surface area (Å²) >= 11 is 0. The number of imidazole rings is 1. The van der Waals surface area contributed by atoms with E-state index in [0.717, 1.165) is 67.8 Å². The molecule has 0 saturated carbocycles. The van der Waals surface area contributed by atoms with Crippen molar-refractivity contribution in [3.63, 3.8) is 0 Å². The van der Waals surface area contributed by atoms with Crippen molar-refractivity contribution in [3.8, 4) is 11.4 Å². The second-order valence-corrected chi connectivity index (χ2v) is 8.99. The lowest BCUT2D eigenvalue weighted by molar-refractivity contribution is 0.122. The third kappa shape index (κ3) is 4.12. The molecule has 0 unspecified atom stereocenters. The molecule has 2 aliphatic heterocycles. The molecule has 32 heavy (non-hydrogen) atoms. The minimum Gasteiger partial charge on any atom is -0.378 e. The van der Waals surface area contributed by atoms with E-state index in [4.69, 9.17) is 19.7 Å². The van der Waals surface area contributed by atoms with Crippen LogP contribution in [0.4, 0.5) is 11.8 Å². The van der Waals surface area contributed by atoms with Gasteiger partial charge in [-0.05, 0) is 12.8 Å². The summed E-state index contributed by atoms with van der Waals surface area (Å²) in [6.45, 7) is 13.2. The quantitative estimate of drug-likeness (QED) is 0.638. The van der Waals surface area contributed by atoms with E-state index in [0.29, 0.717) is 31.0 Å². The number of rotatable bonds is 5. The highest BCUT2D eigenvalue weighted by Crippen LogP contribution is 2.32. The maximum Gasteiger partial charge on any atom is 0.208 e. The van der Waals surface area contributed by atoms with Gasteiger partial charge in [0, 0.05) is 57.7 Å². The number of piperazine rings is 1. The number of nitrogens with zero attached hydrogens (tertiary/aromatic N) is 8. The van der Waals surface area contributed by atoms with Crippen LogP contribution in [-0.2, 0) is 11.3 Å². The molecule has 10 heteroatoms. The molecule has 2 aliphatic rings. The summed E-state index contributed by atoms with van der Waals surface area (Å²) in [7, 11) is 0. The Labute approximate surface area is 188 Å². The number of morpholine rings is 1. The summed E-state index contributed by atoms with van der Waals surface area (Å²) in [5, 5.41) is 3.53. The normalized spacial score (nSPS) is 19.8. The van der Waals surface area contributed by atoms with Crippen molar-refractivity contribution >= 4 is 22.9 Å². The largest absolute Gasteiger partial charge is 0.378 e. The first kappa shape index (κ1) is 21.0. The molecule has 3 aromatic heterocycles. The van der Waals surface area contributed by atoms with Crippen LogP contribution in [0.25, 0.3) is 22.6 Å². The van der Waals surface area contributed by atoms with E-state index in [9.17, 15) is 0 Å². The lowest BCUT2D eigenvalue weighted by Crippen LogP contribution is -2.50. The van der Waals surface area contributed by atoms with Gasteiger partial charge in [-0.2, -0.15) is 0 Å². The molecule has 5 rings (SSSR count). The number of fused-ring (bicyclic) bond motifs is 1. The monoisotopic (exact) mass is 437 g/mol. The van der Waals surface area contributed by atoms with Gasteiger partial charge < -0.3 is 19.9 Å². The number of ether oxygens (including phenoxy) is 1. The zero-order chi connectivity index (χ0) is 22.1. The summed E-state index contributed by atoms with van der Waals surface area (Å²) in [6.07, 6.45) is 5.05. The third-order valence-electron chi connectivity index (χ3n) is 5.88. The molecule has 2 fully saturated rings. The Morgan fingerprint density at radius 3 is 2.56 bits per heavy atom. The summed E-state index contributed by atoms with van der Waals surface area (Å²) in [6, 6.07) is 0.415. The maximum absolute atomic E-state index is 5.59. The van der Waals surface area contributed by atoms with Crippen LogP contribution in [-0.4, -0.2) is 81.5 Å². The summed E-state index contributed by atoms with van der Waals surface area (Å²) in [4.78, 5) is 28.1. The van der Waals surface area contributed by atoms with Crippen molar-refractivity contribution in [1.82, 2.24) is 34.8 Å². The molecule has 0 bridgehead atoms. The van der Waals surface area contributed by atoms with Gasteiger partial charge in [-0.3, -0.25) is 4.57 Å². The van der Waals surface area contributed by atoms with Crippen LogP contribution in [0.5, 0.6) is 0 Å². The minimum absolute atomic E-state index is 0.415. The number of nitrogens with one attached hydrogen (secondary N) is 1. The summed E-state index contributed by atoms with van der Waals surface area (Å²) in [5.74, 6) is 2.93. The van der Waals surface area contributed by atoms with Crippen molar-refractivity contribution < 1.29 is 4.74 Å². The van der Waals surface area contributed by atoms with Crippen LogP contribution in [0.2, 0.25) is 0 Å². The number of hydrogen-bond acceptors (Lipinski definition) is 9. The molecule has 1 atom stereocenters. The molecule has 0 aliphatic carbocycles. The zero-order valence-corrected chi connectivity index (χ0v) is 19.0. The predicted molar refractivity (Wildman–Crippen MR) is 124 cm³/mol. The standard InChI is InChI=1S/C22H31N9O/c1-15(2)12-31-21-18(26-22(31)30-5-4-25-16(3)13-30)20(29-6-8-32-9-7-29)27-19(28-21)17-10-23-14-24-11-17/h10-11,14-16,25H,4-9,12-13H2,1-3H3/t16-/m1/s1. The Balaban J connectivity index is 1.71. The molecule has 3 aromatic rings. The van der Waals surface area contributed by atoms with E-state index in [1.165, 1.54) is 6.33 Å². The summed E-state index contributed by atoms with van der Waals surface area (Å²) < 4.78 is 7.87. The average Bonchev–Trinajstić information content (AvgIpc) is 3.17. The molecular weight excluding hydrogens is 406 g/mol. The zero-order valence-electron chi connectivity index (χ0n) is 19.0. The van der Waals surface area contributed by atoms with Crippen LogP contribution in [0.3, 0.4) is 0 Å². The van der Waals surface area contributed by atoms with E-state index in [-0.39, 0.29) is 0 Å². The molecule has 170 valence electrons. The lowest BCUT2D eigenvalue weighted by Gasteiger charge is -2.33. The van der Waals surface area contributed by atoms with Gasteiger partial charge in [0.15, 0.2) is 22.8 Å². The van der Waals surface area contributed by atoms with Crippen molar-refractivity contribution in [2.75, 3.05) is 55.7 Å². The van der Waals surface area contributed by atoms with E-state index < -0.39 is 0 Å². The first-order valence-electron chi connectivity index (χ1n) is 11.4. The van der Waals surface area contributed by atoms with E-state index in [1.54, 1.807) is 12.4 Å². The van der Waals surface area contributed by atoms with Crippen LogP contribution >= 0.6 is 0 Å². The first-order valence-corrected chi connectivity index (χ1v) is 11.4. The van der Waals surface area contributed by atoms with Gasteiger partial charge in [0.05, 0.1) is 18.8 Å². The van der Waals surface area contributed by atoms with Crippen LogP contribution in [0.15, 0.2) is 18.7 Å². The molecule has 1 N–H and O–H groups in total. The first-order chi connectivity index (χ1) is 15.6. The highest BCUT2D eigenvalue weighted by Gasteiger charge is 2.27. The Bertz CT molecular complexity index is 1060. The Hall–Kier alpha value is -2.85. The SMILES string of the molecule is CC(C)Cn1c(N2CCN[C@H](C)C2)nc2c(N3CCOCC3)nc(-c3cncnc3)nc21. The van der Waals surface area contributed by atoms with E-state index >= 15 is 0 Å². The van der Waals surface area contributed by atoms with Crippen LogP contribution < -0.4 is 15.1 Å². The van der Waals surface area contributed by atoms with Gasteiger partial charge in [-0.1, -0.05) is 13.8 Å². The number of anilines is 2. The van der Waals surface area contributed by atoms with Gasteiger partial charge in [0.2, 0.25) is 5.95 Å². The molecule has 0 aromatic carbocycles. The molecule has 5 heterocycles. The summed E-state index contributed by atoms with van der Waals surface area (Å²) in [5.41, 5.74) is 2.53. The molecule has 0 radical (unpaired) electrons. The molecule has 2 saturated heterocycles. The fourth-order valence-corrected chi connectivity index (χ4v) is 4.40. The third-order valence-corrected chi connectivity index (χ3v) is 5.88. The van der Waals surface area contributed by atoms with Crippen molar-refractivity contribution in [3.05, 3.63) is 18.7 Å². The van der Waals surface area contributed by atoms with Crippen LogP contribution in [0, 0.1) is 5.92 Å². The van der Waals surface area contributed by atoms with Gasteiger partial charge >= 0.3 is 0 Å². The molecular formula is C22H31N9O. The highest BCUT2D eigenvalue weighted by atomic mass is 16.5. The number of aromatic nitrogens is 6. The highest BCUT2D eigenvalue weighted by molar-refractivity contribution is 5.88. The van der Waals surface area contributed by atoms with Gasteiger partial charge in [0.25, 0.3) is 0 Å². The fourth-order valence-electron chi connectivity index (χ4n) is 4.40. The Morgan fingerprint density at radius 2 is 1.84 bits per heavy atom. The van der Waals surface area contributed by atoms with Crippen molar-refractivity contribution in [2.24, 2.45) is 5.92 Å². The van der Waals surface area contributed by atoms with Gasteiger partial charge in [-0.15, -0.1) is 0 Å². The second-order valence-electron chi connectivity index (χ2n) is 8.99. The van der Waals surface area contributed by atoms with E-state index in [2.05, 4.69) is 50.4 Å². The maximum atomic E-state index is 5.59. The Morgan fingerprint density at radius 1 is 1.06 bits per heavy atom. The van der Waals surface area contributed by atoms with Crippen molar-refractivity contribution in [1.29, 1.82) is 0 Å². The second kappa shape index (κ2) is 8.95. The fraction of sp³-hybridized carbons (Fsp3) is 0.591. The molecule has 0 spiro atoms. The lowest BCUT2D eigenvalue weighted by atomic mass is 10.2. The molecule has 10 nitrogen and oxygen atoms in total. The number of hydrogen-bond donors (Lipinski definition) is 1. The van der Waals surface area contributed by atoms with E-state index in [1.807, 2.05) is 0 Å². The Kier molecular flexibility index (Phi) is 5.88. The topological polar surface area (TPSA) is 97.1 Å². The molecule has 0 amide bonds. The smallest absolute Gasteiger partial charge is 0.208 e. The van der Waals surface area contributed by atoms with Gasteiger partial charge in [0.1, 0.15) is 6.33 Å². The van der Waals surface area contributed by atoms with Crippen LogP contribution in [0.1, 0.15) is 20.8 Å². The van der Waals surface area contributed by atoms with Crippen molar-refractivity contribution in [2.45, 2.75) is 33.4 Å². The van der Waals surface area contributed by atoms with Gasteiger partial charge in [-0.25, -0.2) is 24.9 Å². The predicted octanol–water partition coefficient (Wildman–Crippen LogP) is 1.57.